The maximum atomic E-state index is 13.1. The van der Waals surface area contributed by atoms with Crippen molar-refractivity contribution in [1.82, 2.24) is 9.88 Å². The predicted octanol–water partition coefficient (Wildman–Crippen LogP) is 5.29. The van der Waals surface area contributed by atoms with Crippen molar-refractivity contribution in [2.75, 3.05) is 0 Å². The Kier molecular flexibility index (Phi) is 4.23. The number of carbonyl (C=O) groups is 1. The number of hydrogen-bond donors (Lipinski definition) is 1. The maximum absolute atomic E-state index is 13.1. The van der Waals surface area contributed by atoms with Crippen molar-refractivity contribution in [1.29, 1.82) is 0 Å². The van der Waals surface area contributed by atoms with Crippen molar-refractivity contribution in [3.63, 3.8) is 0 Å². The maximum Gasteiger partial charge on any atom is 0.340 e. The predicted molar refractivity (Wildman–Crippen MR) is 108 cm³/mol. The van der Waals surface area contributed by atoms with Crippen molar-refractivity contribution in [3.8, 4) is 0 Å². The third kappa shape index (κ3) is 2.80. The Hall–Kier alpha value is -1.33. The third-order valence-electron chi connectivity index (χ3n) is 5.41. The highest BCUT2D eigenvalue weighted by molar-refractivity contribution is 9.10. The minimum absolute atomic E-state index is 0.251. The van der Waals surface area contributed by atoms with Crippen molar-refractivity contribution < 1.29 is 9.53 Å². The Labute approximate surface area is 163 Å². The van der Waals surface area contributed by atoms with Gasteiger partial charge in [-0.3, -0.25) is 0 Å². The van der Waals surface area contributed by atoms with E-state index in [-0.39, 0.29) is 5.97 Å². The lowest BCUT2D eigenvalue weighted by molar-refractivity contribution is 0.00707. The van der Waals surface area contributed by atoms with E-state index in [4.69, 9.17) is 4.74 Å². The molecule has 1 aromatic carbocycles. The highest BCUT2D eigenvalue weighted by Crippen LogP contribution is 2.45. The molecule has 0 radical (unpaired) electrons. The van der Waals surface area contributed by atoms with Crippen LogP contribution in [-0.2, 0) is 11.2 Å². The van der Waals surface area contributed by atoms with Crippen LogP contribution in [0.4, 0.5) is 0 Å². The van der Waals surface area contributed by atoms with Gasteiger partial charge in [-0.05, 0) is 81.1 Å². The minimum Gasteiger partial charge on any atom is -0.456 e. The molecular weight excluding hydrogens is 392 g/mol. The second-order valence-corrected chi connectivity index (χ2v) is 9.69. The molecule has 0 spiro atoms. The smallest absolute Gasteiger partial charge is 0.340 e. The van der Waals surface area contributed by atoms with Gasteiger partial charge in [-0.15, -0.1) is 0 Å². The summed E-state index contributed by atoms with van der Waals surface area (Å²) in [5.74, 6) is -0.251. The molecule has 4 nitrogen and oxygen atoms in total. The monoisotopic (exact) mass is 418 g/mol. The molecule has 1 N–H and O–H groups in total. The molecule has 2 aromatic rings. The van der Waals surface area contributed by atoms with Crippen molar-refractivity contribution in [3.05, 3.63) is 33.4 Å². The molecule has 4 rings (SSSR count). The van der Waals surface area contributed by atoms with Gasteiger partial charge >= 0.3 is 5.97 Å². The Balaban J connectivity index is 2.02. The van der Waals surface area contributed by atoms with Gasteiger partial charge in [-0.25, -0.2) is 4.79 Å². The largest absolute Gasteiger partial charge is 0.456 e. The first-order valence-electron chi connectivity index (χ1n) is 9.52. The van der Waals surface area contributed by atoms with E-state index in [0.717, 1.165) is 28.2 Å². The van der Waals surface area contributed by atoms with Gasteiger partial charge in [-0.1, -0.05) is 0 Å². The summed E-state index contributed by atoms with van der Waals surface area (Å²) in [4.78, 5) is 13.1. The van der Waals surface area contributed by atoms with E-state index >= 15 is 0 Å². The van der Waals surface area contributed by atoms with Crippen LogP contribution in [-0.4, -0.2) is 22.2 Å². The standard InChI is InChI=1S/C21H27BrN2O2/c1-11(2)24-15-9-7-13(22)17(20(25)26-21(3,4)5)19(15)18-14-8-6-12(23-14)10-16(18)24/h7,9,11-12,14,23H,6,8,10H2,1-5H3. The zero-order valence-corrected chi connectivity index (χ0v) is 17.7. The van der Waals surface area contributed by atoms with E-state index < -0.39 is 5.60 Å². The minimum atomic E-state index is -0.518. The number of benzene rings is 1. The van der Waals surface area contributed by atoms with Crippen LogP contribution >= 0.6 is 15.9 Å². The number of halogens is 1. The Morgan fingerprint density at radius 2 is 2.04 bits per heavy atom. The van der Waals surface area contributed by atoms with Gasteiger partial charge in [0.15, 0.2) is 0 Å². The number of nitrogens with zero attached hydrogens (tertiary/aromatic N) is 1. The second kappa shape index (κ2) is 6.10. The van der Waals surface area contributed by atoms with E-state index in [2.05, 4.69) is 45.7 Å². The van der Waals surface area contributed by atoms with Crippen LogP contribution in [0.2, 0.25) is 0 Å². The van der Waals surface area contributed by atoms with Gasteiger partial charge in [0.1, 0.15) is 5.60 Å². The molecule has 0 amide bonds. The third-order valence-corrected chi connectivity index (χ3v) is 6.07. The van der Waals surface area contributed by atoms with Crippen LogP contribution in [0.3, 0.4) is 0 Å². The lowest BCUT2D eigenvalue weighted by Crippen LogP contribution is -2.32. The molecule has 26 heavy (non-hydrogen) atoms. The number of carbonyl (C=O) groups excluding carboxylic acids is 1. The first-order valence-corrected chi connectivity index (χ1v) is 10.3. The Bertz CT molecular complexity index is 892. The van der Waals surface area contributed by atoms with Gasteiger partial charge in [0.25, 0.3) is 0 Å². The van der Waals surface area contributed by atoms with Gasteiger partial charge in [0, 0.05) is 45.6 Å². The number of aromatic nitrogens is 1. The average molecular weight is 419 g/mol. The molecule has 1 aromatic heterocycles. The molecule has 1 saturated heterocycles. The van der Waals surface area contributed by atoms with Gasteiger partial charge in [0.05, 0.1) is 5.56 Å². The van der Waals surface area contributed by atoms with Gasteiger partial charge in [0.2, 0.25) is 0 Å². The second-order valence-electron chi connectivity index (χ2n) is 8.84. The summed E-state index contributed by atoms with van der Waals surface area (Å²) >= 11 is 3.62. The lowest BCUT2D eigenvalue weighted by atomic mass is 9.96. The first-order chi connectivity index (χ1) is 12.2. The summed E-state index contributed by atoms with van der Waals surface area (Å²) in [7, 11) is 0. The van der Waals surface area contributed by atoms with Crippen molar-refractivity contribution in [2.24, 2.45) is 0 Å². The van der Waals surface area contributed by atoms with E-state index in [1.54, 1.807) is 0 Å². The Morgan fingerprint density at radius 1 is 1.31 bits per heavy atom. The zero-order chi connectivity index (χ0) is 18.8. The molecule has 2 aliphatic heterocycles. The fraction of sp³-hybridized carbons (Fsp3) is 0.571. The summed E-state index contributed by atoms with van der Waals surface area (Å²) in [6.45, 7) is 10.2. The molecule has 140 valence electrons. The molecular formula is C21H27BrN2O2. The first kappa shape index (κ1) is 18.1. The van der Waals surface area contributed by atoms with E-state index in [1.165, 1.54) is 17.7 Å². The van der Waals surface area contributed by atoms with Gasteiger partial charge < -0.3 is 14.6 Å². The van der Waals surface area contributed by atoms with E-state index in [9.17, 15) is 4.79 Å². The molecule has 2 atom stereocenters. The SMILES string of the molecule is CC(C)n1c2c(c3c(C(=O)OC(C)(C)C)c(Br)ccc31)C1CCC(C2)N1. The summed E-state index contributed by atoms with van der Waals surface area (Å²) < 4.78 is 8.99. The van der Waals surface area contributed by atoms with Crippen LogP contribution in [0.5, 0.6) is 0 Å². The number of fused-ring (bicyclic) bond motifs is 6. The summed E-state index contributed by atoms with van der Waals surface area (Å²) in [5, 5.41) is 4.81. The highest BCUT2D eigenvalue weighted by atomic mass is 79.9. The topological polar surface area (TPSA) is 43.3 Å². The number of esters is 1. The highest BCUT2D eigenvalue weighted by Gasteiger charge is 2.38. The number of nitrogens with one attached hydrogen (secondary N) is 1. The molecule has 0 saturated carbocycles. The van der Waals surface area contributed by atoms with Crippen molar-refractivity contribution >= 4 is 32.8 Å². The summed E-state index contributed by atoms with van der Waals surface area (Å²) in [6, 6.07) is 5.37. The van der Waals surface area contributed by atoms with Crippen LogP contribution in [0.15, 0.2) is 16.6 Å². The number of ether oxygens (including phenoxy) is 1. The van der Waals surface area contributed by atoms with Crippen molar-refractivity contribution in [2.45, 2.75) is 77.6 Å². The molecule has 2 aliphatic rings. The van der Waals surface area contributed by atoms with Crippen LogP contribution in [0.1, 0.15) is 81.2 Å². The molecule has 3 heterocycles. The van der Waals surface area contributed by atoms with E-state index in [1.807, 2.05) is 26.8 Å². The average Bonchev–Trinajstić information content (AvgIpc) is 3.04. The number of hydrogen-bond acceptors (Lipinski definition) is 3. The molecule has 0 aliphatic carbocycles. The normalized spacial score (nSPS) is 22.1. The van der Waals surface area contributed by atoms with Crippen LogP contribution in [0, 0.1) is 0 Å². The fourth-order valence-electron chi connectivity index (χ4n) is 4.60. The lowest BCUT2D eigenvalue weighted by Gasteiger charge is -2.25. The van der Waals surface area contributed by atoms with E-state index in [0.29, 0.717) is 23.7 Å². The quantitative estimate of drug-likeness (QED) is 0.673. The van der Waals surface area contributed by atoms with Crippen LogP contribution < -0.4 is 5.32 Å². The molecule has 2 bridgehead atoms. The summed E-state index contributed by atoms with van der Waals surface area (Å²) in [5.41, 5.74) is 3.99. The molecule has 1 fully saturated rings. The fourth-order valence-corrected chi connectivity index (χ4v) is 5.09. The Morgan fingerprint density at radius 3 is 2.69 bits per heavy atom. The van der Waals surface area contributed by atoms with Crippen LogP contribution in [0.25, 0.3) is 10.9 Å². The summed E-state index contributed by atoms with van der Waals surface area (Å²) in [6.07, 6.45) is 3.37. The number of rotatable bonds is 2. The molecule has 2 unspecified atom stereocenters. The van der Waals surface area contributed by atoms with Gasteiger partial charge in [-0.2, -0.15) is 0 Å². The zero-order valence-electron chi connectivity index (χ0n) is 16.1. The molecule has 5 heteroatoms.